The van der Waals surface area contributed by atoms with Crippen LogP contribution in [-0.4, -0.2) is 43.8 Å². The van der Waals surface area contributed by atoms with Crippen LogP contribution in [0.25, 0.3) is 10.9 Å². The molecule has 1 fully saturated rings. The molecule has 1 unspecified atom stereocenters. The van der Waals surface area contributed by atoms with Crippen molar-refractivity contribution in [3.05, 3.63) is 65.9 Å². The van der Waals surface area contributed by atoms with Crippen molar-refractivity contribution < 1.29 is 13.2 Å². The first-order valence-corrected chi connectivity index (χ1v) is 12.1. The second-order valence-electron chi connectivity index (χ2n) is 8.08. The van der Waals surface area contributed by atoms with Gasteiger partial charge in [0.25, 0.3) is 0 Å². The van der Waals surface area contributed by atoms with Crippen LogP contribution in [-0.2, 0) is 21.2 Å². The topological polar surface area (TPSA) is 108 Å². The normalized spacial score (nSPS) is 17.6. The molecule has 8 heteroatoms. The number of para-hydroxylation sites is 1. The Morgan fingerprint density at radius 2 is 1.90 bits per heavy atom. The number of piperidine rings is 1. The van der Waals surface area contributed by atoms with Crippen LogP contribution in [0.5, 0.6) is 0 Å². The van der Waals surface area contributed by atoms with Crippen LogP contribution in [0.3, 0.4) is 0 Å². The molecule has 4 N–H and O–H groups in total. The van der Waals surface area contributed by atoms with Crippen LogP contribution in [0.4, 0.5) is 0 Å². The molecule has 4 rings (SSSR count). The van der Waals surface area contributed by atoms with Crippen LogP contribution in [0.1, 0.15) is 36.6 Å². The van der Waals surface area contributed by atoms with Gasteiger partial charge in [0.1, 0.15) is 0 Å². The number of nitrogens with one attached hydrogen (secondary N) is 2. The summed E-state index contributed by atoms with van der Waals surface area (Å²) in [5.74, 6) is 0.00386. The molecule has 2 aromatic carbocycles. The number of nitrogens with two attached hydrogens (primary N) is 1. The van der Waals surface area contributed by atoms with Gasteiger partial charge in [0, 0.05) is 17.8 Å². The molecular formula is C23H28N4O3S. The fraction of sp³-hybridized carbons (Fsp3) is 0.348. The summed E-state index contributed by atoms with van der Waals surface area (Å²) in [5, 5.41) is 9.30. The van der Waals surface area contributed by atoms with Gasteiger partial charge in [-0.05, 0) is 61.0 Å². The molecule has 1 aliphatic heterocycles. The number of likely N-dealkylation sites (tertiary alicyclic amines) is 1. The lowest BCUT2D eigenvalue weighted by molar-refractivity contribution is -0.123. The molecule has 164 valence electrons. The van der Waals surface area contributed by atoms with E-state index in [9.17, 15) is 13.2 Å². The number of primary sulfonamides is 1. The standard InChI is InChI=1S/C23H28N4O3S/c24-31(29,30)19-10-8-17(9-11-19)12-13-25-23(28)16-27-14-4-3-7-22(27)21-15-18-5-1-2-6-20(18)26-21/h1-2,5-6,8-11,15,22,26H,3-4,7,12-14,16H2,(H,25,28)(H2,24,29,30). The summed E-state index contributed by atoms with van der Waals surface area (Å²) in [6.07, 6.45) is 3.92. The van der Waals surface area contributed by atoms with Crippen molar-refractivity contribution in [2.75, 3.05) is 19.6 Å². The van der Waals surface area contributed by atoms with Crippen LogP contribution < -0.4 is 10.5 Å². The summed E-state index contributed by atoms with van der Waals surface area (Å²) >= 11 is 0. The molecule has 3 aromatic rings. The van der Waals surface area contributed by atoms with Gasteiger partial charge in [0.05, 0.1) is 17.5 Å². The monoisotopic (exact) mass is 440 g/mol. The number of aromatic nitrogens is 1. The Labute approximate surface area is 182 Å². The molecular weight excluding hydrogens is 412 g/mol. The van der Waals surface area contributed by atoms with Crippen LogP contribution in [0.2, 0.25) is 0 Å². The molecule has 1 saturated heterocycles. The second-order valence-corrected chi connectivity index (χ2v) is 9.64. The number of fused-ring (bicyclic) bond motifs is 1. The molecule has 7 nitrogen and oxygen atoms in total. The molecule has 1 aromatic heterocycles. The Morgan fingerprint density at radius 1 is 1.13 bits per heavy atom. The number of H-pyrrole nitrogens is 1. The Bertz CT molecular complexity index is 1120. The molecule has 1 aliphatic rings. The number of nitrogens with zero attached hydrogens (tertiary/aromatic N) is 1. The van der Waals surface area contributed by atoms with E-state index in [0.717, 1.165) is 36.9 Å². The highest BCUT2D eigenvalue weighted by Gasteiger charge is 2.26. The first-order chi connectivity index (χ1) is 14.9. The number of hydrogen-bond donors (Lipinski definition) is 3. The third-order valence-corrected chi connectivity index (χ3v) is 6.79. The van der Waals surface area contributed by atoms with E-state index in [0.29, 0.717) is 19.5 Å². The van der Waals surface area contributed by atoms with E-state index in [2.05, 4.69) is 33.4 Å². The third-order valence-electron chi connectivity index (χ3n) is 5.86. The molecule has 1 amide bonds. The van der Waals surface area contributed by atoms with Crippen molar-refractivity contribution in [3.63, 3.8) is 0 Å². The SMILES string of the molecule is NS(=O)(=O)c1ccc(CCNC(=O)CN2CCCCC2c2cc3ccccc3[nH]2)cc1. The van der Waals surface area contributed by atoms with Crippen molar-refractivity contribution in [1.82, 2.24) is 15.2 Å². The fourth-order valence-corrected chi connectivity index (χ4v) is 4.76. The lowest BCUT2D eigenvalue weighted by Crippen LogP contribution is -2.42. The maximum Gasteiger partial charge on any atom is 0.238 e. The van der Waals surface area contributed by atoms with Gasteiger partial charge in [-0.15, -0.1) is 0 Å². The van der Waals surface area contributed by atoms with E-state index in [1.165, 1.54) is 23.2 Å². The smallest absolute Gasteiger partial charge is 0.238 e. The van der Waals surface area contributed by atoms with Crippen LogP contribution in [0.15, 0.2) is 59.5 Å². The summed E-state index contributed by atoms with van der Waals surface area (Å²) < 4.78 is 22.7. The number of rotatable bonds is 7. The minimum absolute atomic E-state index is 0.00386. The highest BCUT2D eigenvalue weighted by Crippen LogP contribution is 2.31. The maximum absolute atomic E-state index is 12.6. The van der Waals surface area contributed by atoms with E-state index < -0.39 is 10.0 Å². The van der Waals surface area contributed by atoms with Crippen molar-refractivity contribution in [2.45, 2.75) is 36.6 Å². The Morgan fingerprint density at radius 3 is 2.65 bits per heavy atom. The lowest BCUT2D eigenvalue weighted by Gasteiger charge is -2.34. The number of sulfonamides is 1. The van der Waals surface area contributed by atoms with Crippen molar-refractivity contribution >= 4 is 26.8 Å². The number of hydrogen-bond acceptors (Lipinski definition) is 4. The van der Waals surface area contributed by atoms with Crippen molar-refractivity contribution in [2.24, 2.45) is 5.14 Å². The van der Waals surface area contributed by atoms with E-state index >= 15 is 0 Å². The summed E-state index contributed by atoms with van der Waals surface area (Å²) in [6.45, 7) is 1.77. The zero-order valence-electron chi connectivity index (χ0n) is 17.4. The van der Waals surface area contributed by atoms with E-state index in [1.807, 2.05) is 12.1 Å². The van der Waals surface area contributed by atoms with Gasteiger partial charge in [-0.3, -0.25) is 9.69 Å². The number of amides is 1. The van der Waals surface area contributed by atoms with Gasteiger partial charge in [-0.1, -0.05) is 36.8 Å². The quantitative estimate of drug-likeness (QED) is 0.525. The third kappa shape index (κ3) is 5.33. The zero-order valence-corrected chi connectivity index (χ0v) is 18.2. The predicted molar refractivity (Wildman–Crippen MR) is 121 cm³/mol. The lowest BCUT2D eigenvalue weighted by atomic mass is 9.99. The molecule has 0 bridgehead atoms. The molecule has 1 atom stereocenters. The van der Waals surface area contributed by atoms with Gasteiger partial charge in [-0.2, -0.15) is 0 Å². The molecule has 2 heterocycles. The Hall–Kier alpha value is -2.68. The van der Waals surface area contributed by atoms with Gasteiger partial charge in [0.2, 0.25) is 15.9 Å². The molecule has 0 spiro atoms. The van der Waals surface area contributed by atoms with E-state index in [1.54, 1.807) is 12.1 Å². The number of carbonyl (C=O) groups is 1. The average molecular weight is 441 g/mol. The zero-order chi connectivity index (χ0) is 21.8. The molecule has 0 aliphatic carbocycles. The second kappa shape index (κ2) is 9.21. The van der Waals surface area contributed by atoms with Crippen LogP contribution >= 0.6 is 0 Å². The van der Waals surface area contributed by atoms with Gasteiger partial charge in [0.15, 0.2) is 0 Å². The van der Waals surface area contributed by atoms with Gasteiger partial charge >= 0.3 is 0 Å². The number of carbonyl (C=O) groups excluding carboxylic acids is 1. The maximum atomic E-state index is 12.6. The minimum atomic E-state index is -3.68. The Balaban J connectivity index is 1.32. The summed E-state index contributed by atoms with van der Waals surface area (Å²) in [7, 11) is -3.68. The number of benzene rings is 2. The first-order valence-electron chi connectivity index (χ1n) is 10.6. The van der Waals surface area contributed by atoms with Crippen LogP contribution in [0, 0.1) is 0 Å². The number of aromatic amines is 1. The highest BCUT2D eigenvalue weighted by molar-refractivity contribution is 7.89. The first kappa shape index (κ1) is 21.5. The summed E-state index contributed by atoms with van der Waals surface area (Å²) in [4.78, 5) is 18.4. The van der Waals surface area contributed by atoms with Crippen molar-refractivity contribution in [3.8, 4) is 0 Å². The average Bonchev–Trinajstić information content (AvgIpc) is 3.18. The largest absolute Gasteiger partial charge is 0.357 e. The molecule has 0 saturated carbocycles. The Kier molecular flexibility index (Phi) is 6.41. The molecule has 31 heavy (non-hydrogen) atoms. The fourth-order valence-electron chi connectivity index (χ4n) is 4.24. The summed E-state index contributed by atoms with van der Waals surface area (Å²) in [6, 6.07) is 17.1. The van der Waals surface area contributed by atoms with E-state index in [4.69, 9.17) is 5.14 Å². The summed E-state index contributed by atoms with van der Waals surface area (Å²) in [5.41, 5.74) is 3.24. The van der Waals surface area contributed by atoms with Gasteiger partial charge in [-0.25, -0.2) is 13.6 Å². The molecule has 0 radical (unpaired) electrons. The van der Waals surface area contributed by atoms with E-state index in [-0.39, 0.29) is 16.8 Å². The minimum Gasteiger partial charge on any atom is -0.357 e. The van der Waals surface area contributed by atoms with Gasteiger partial charge < -0.3 is 10.3 Å². The highest BCUT2D eigenvalue weighted by atomic mass is 32.2. The predicted octanol–water partition coefficient (Wildman–Crippen LogP) is 2.70. The van der Waals surface area contributed by atoms with Crippen molar-refractivity contribution in [1.29, 1.82) is 0 Å².